The van der Waals surface area contributed by atoms with Crippen LogP contribution in [-0.4, -0.2) is 6.54 Å². The number of hydrogen-bond donors (Lipinski definition) is 1. The number of rotatable bonds is 10. The summed E-state index contributed by atoms with van der Waals surface area (Å²) in [7, 11) is 0. The molecule has 0 aliphatic heterocycles. The van der Waals surface area contributed by atoms with E-state index in [1.54, 1.807) is 6.07 Å². The van der Waals surface area contributed by atoms with Gasteiger partial charge in [-0.25, -0.2) is 4.39 Å². The summed E-state index contributed by atoms with van der Waals surface area (Å²) in [5.41, 5.74) is 1.82. The number of benzene rings is 1. The lowest BCUT2D eigenvalue weighted by Gasteiger charge is -2.20. The van der Waals surface area contributed by atoms with Crippen LogP contribution in [0.4, 0.5) is 4.39 Å². The van der Waals surface area contributed by atoms with Gasteiger partial charge < -0.3 is 5.32 Å². The molecular weight excluding hydrogens is 249 g/mol. The highest BCUT2D eigenvalue weighted by Crippen LogP contribution is 2.24. The van der Waals surface area contributed by atoms with Crippen molar-refractivity contribution in [3.05, 3.63) is 35.1 Å². The Kier molecular flexibility index (Phi) is 8.52. The first-order chi connectivity index (χ1) is 9.69. The van der Waals surface area contributed by atoms with E-state index < -0.39 is 0 Å². The van der Waals surface area contributed by atoms with Gasteiger partial charge in [-0.2, -0.15) is 0 Å². The van der Waals surface area contributed by atoms with Crippen molar-refractivity contribution in [3.63, 3.8) is 0 Å². The Labute approximate surface area is 124 Å². The fraction of sp³-hybridized carbons (Fsp3) is 0.667. The van der Waals surface area contributed by atoms with Crippen LogP contribution in [0, 0.1) is 12.7 Å². The molecule has 1 nitrogen and oxygen atoms in total. The van der Waals surface area contributed by atoms with Crippen LogP contribution in [0.5, 0.6) is 0 Å². The van der Waals surface area contributed by atoms with Crippen molar-refractivity contribution in [2.45, 2.75) is 71.8 Å². The predicted molar refractivity (Wildman–Crippen MR) is 85.5 cm³/mol. The third-order valence-electron chi connectivity index (χ3n) is 3.77. The molecule has 0 aliphatic carbocycles. The smallest absolute Gasteiger partial charge is 0.128 e. The number of nitrogens with one attached hydrogen (secondary N) is 1. The predicted octanol–water partition coefficient (Wildman–Crippen LogP) is 5.54. The van der Waals surface area contributed by atoms with Gasteiger partial charge in [-0.05, 0) is 37.9 Å². The first-order valence-electron chi connectivity index (χ1n) is 8.18. The Bertz CT molecular complexity index is 376. The summed E-state index contributed by atoms with van der Waals surface area (Å²) in [5.74, 6) is -0.0628. The Balaban J connectivity index is 2.58. The summed E-state index contributed by atoms with van der Waals surface area (Å²) in [4.78, 5) is 0. The van der Waals surface area contributed by atoms with E-state index in [9.17, 15) is 4.39 Å². The first kappa shape index (κ1) is 17.2. The number of unbranched alkanes of at least 4 members (excludes halogenated alkanes) is 4. The fourth-order valence-electron chi connectivity index (χ4n) is 2.55. The summed E-state index contributed by atoms with van der Waals surface area (Å²) in [5, 5.41) is 3.50. The molecular formula is C18H30FN. The minimum Gasteiger partial charge on any atom is -0.310 e. The number of hydrogen-bond acceptors (Lipinski definition) is 1. The van der Waals surface area contributed by atoms with Crippen LogP contribution in [-0.2, 0) is 0 Å². The molecule has 2 heteroatoms. The standard InChI is InChI=1S/C18H30FN/c1-4-6-7-8-9-10-18(20-13-5-2)16-12-11-15(3)14-17(16)19/h11-12,14,18,20H,4-10,13H2,1-3H3. The molecule has 0 aliphatic rings. The van der Waals surface area contributed by atoms with E-state index in [2.05, 4.69) is 19.2 Å². The van der Waals surface area contributed by atoms with Crippen molar-refractivity contribution >= 4 is 0 Å². The van der Waals surface area contributed by atoms with E-state index in [1.165, 1.54) is 32.1 Å². The van der Waals surface area contributed by atoms with Gasteiger partial charge in [-0.15, -0.1) is 0 Å². The maximum atomic E-state index is 14.1. The molecule has 1 aromatic carbocycles. The normalized spacial score (nSPS) is 12.6. The minimum absolute atomic E-state index is 0.0628. The quantitative estimate of drug-likeness (QED) is 0.555. The minimum atomic E-state index is -0.0628. The van der Waals surface area contributed by atoms with E-state index >= 15 is 0 Å². The topological polar surface area (TPSA) is 12.0 Å². The fourth-order valence-corrected chi connectivity index (χ4v) is 2.55. The Hall–Kier alpha value is -0.890. The summed E-state index contributed by atoms with van der Waals surface area (Å²) < 4.78 is 14.1. The van der Waals surface area contributed by atoms with Crippen molar-refractivity contribution in [1.29, 1.82) is 0 Å². The average molecular weight is 279 g/mol. The maximum Gasteiger partial charge on any atom is 0.128 e. The molecule has 1 aromatic rings. The van der Waals surface area contributed by atoms with E-state index in [1.807, 2.05) is 19.1 Å². The van der Waals surface area contributed by atoms with E-state index in [4.69, 9.17) is 0 Å². The van der Waals surface area contributed by atoms with Crippen LogP contribution < -0.4 is 5.32 Å². The zero-order valence-corrected chi connectivity index (χ0v) is 13.3. The van der Waals surface area contributed by atoms with Gasteiger partial charge in [-0.1, -0.05) is 58.1 Å². The third-order valence-corrected chi connectivity index (χ3v) is 3.77. The zero-order valence-electron chi connectivity index (χ0n) is 13.3. The van der Waals surface area contributed by atoms with Gasteiger partial charge in [0.05, 0.1) is 0 Å². The average Bonchev–Trinajstić information content (AvgIpc) is 2.43. The molecule has 1 atom stereocenters. The number of aryl methyl sites for hydroxylation is 1. The lowest BCUT2D eigenvalue weighted by molar-refractivity contribution is 0.449. The SMILES string of the molecule is CCCCCCCC(NCCC)c1ccc(C)cc1F. The Morgan fingerprint density at radius 1 is 1.05 bits per heavy atom. The van der Waals surface area contributed by atoms with Gasteiger partial charge in [0.25, 0.3) is 0 Å². The van der Waals surface area contributed by atoms with Crippen molar-refractivity contribution in [2.24, 2.45) is 0 Å². The van der Waals surface area contributed by atoms with Crippen LogP contribution in [0.1, 0.15) is 76.0 Å². The molecule has 0 amide bonds. The molecule has 1 N–H and O–H groups in total. The van der Waals surface area contributed by atoms with E-state index in [-0.39, 0.29) is 11.9 Å². The zero-order chi connectivity index (χ0) is 14.8. The van der Waals surface area contributed by atoms with E-state index in [0.717, 1.165) is 30.5 Å². The molecule has 1 rings (SSSR count). The van der Waals surface area contributed by atoms with Crippen LogP contribution in [0.2, 0.25) is 0 Å². The lowest BCUT2D eigenvalue weighted by Crippen LogP contribution is -2.23. The van der Waals surface area contributed by atoms with Crippen molar-refractivity contribution in [1.82, 2.24) is 5.32 Å². The summed E-state index contributed by atoms with van der Waals surface area (Å²) in [6, 6.07) is 5.77. The molecule has 0 saturated carbocycles. The van der Waals surface area contributed by atoms with Gasteiger partial charge in [0.1, 0.15) is 5.82 Å². The van der Waals surface area contributed by atoms with Crippen LogP contribution in [0.25, 0.3) is 0 Å². The highest BCUT2D eigenvalue weighted by atomic mass is 19.1. The second-order valence-corrected chi connectivity index (χ2v) is 5.73. The Morgan fingerprint density at radius 2 is 1.80 bits per heavy atom. The van der Waals surface area contributed by atoms with Crippen molar-refractivity contribution in [2.75, 3.05) is 6.54 Å². The summed E-state index contributed by atoms with van der Waals surface area (Å²) in [6.07, 6.45) is 8.42. The molecule has 0 saturated heterocycles. The van der Waals surface area contributed by atoms with Gasteiger partial charge in [0.2, 0.25) is 0 Å². The van der Waals surface area contributed by atoms with Crippen molar-refractivity contribution in [3.8, 4) is 0 Å². The molecule has 1 unspecified atom stereocenters. The first-order valence-corrected chi connectivity index (χ1v) is 8.18. The molecule has 114 valence electrons. The Morgan fingerprint density at radius 3 is 2.45 bits per heavy atom. The molecule has 20 heavy (non-hydrogen) atoms. The molecule has 0 spiro atoms. The summed E-state index contributed by atoms with van der Waals surface area (Å²) in [6.45, 7) is 7.27. The molecule has 0 aromatic heterocycles. The largest absolute Gasteiger partial charge is 0.310 e. The van der Waals surface area contributed by atoms with Gasteiger partial charge in [-0.3, -0.25) is 0 Å². The van der Waals surface area contributed by atoms with Gasteiger partial charge >= 0.3 is 0 Å². The highest BCUT2D eigenvalue weighted by molar-refractivity contribution is 5.26. The van der Waals surface area contributed by atoms with Gasteiger partial charge in [0, 0.05) is 11.6 Å². The molecule has 0 heterocycles. The molecule has 0 radical (unpaired) electrons. The lowest BCUT2D eigenvalue weighted by atomic mass is 9.98. The third kappa shape index (κ3) is 6.04. The van der Waals surface area contributed by atoms with Crippen LogP contribution in [0.15, 0.2) is 18.2 Å². The van der Waals surface area contributed by atoms with E-state index in [0.29, 0.717) is 0 Å². The van der Waals surface area contributed by atoms with Crippen LogP contribution in [0.3, 0.4) is 0 Å². The molecule has 0 bridgehead atoms. The maximum absolute atomic E-state index is 14.1. The second-order valence-electron chi connectivity index (χ2n) is 5.73. The summed E-state index contributed by atoms with van der Waals surface area (Å²) >= 11 is 0. The second kappa shape index (κ2) is 9.93. The number of halogens is 1. The highest BCUT2D eigenvalue weighted by Gasteiger charge is 2.14. The van der Waals surface area contributed by atoms with Crippen LogP contribution >= 0.6 is 0 Å². The van der Waals surface area contributed by atoms with Crippen molar-refractivity contribution < 1.29 is 4.39 Å². The van der Waals surface area contributed by atoms with Gasteiger partial charge in [0.15, 0.2) is 0 Å². The monoisotopic (exact) mass is 279 g/mol. The molecule has 0 fully saturated rings.